The second-order valence-electron chi connectivity index (χ2n) is 11.6. The van der Waals surface area contributed by atoms with Crippen molar-refractivity contribution < 1.29 is 18.7 Å². The Bertz CT molecular complexity index is 2070. The lowest BCUT2D eigenvalue weighted by molar-refractivity contribution is -0.115. The van der Waals surface area contributed by atoms with Crippen molar-refractivity contribution in [2.45, 2.75) is 0 Å². The Kier molecular flexibility index (Phi) is 9.15. The van der Waals surface area contributed by atoms with Gasteiger partial charge in [0.1, 0.15) is 11.4 Å². The molecule has 244 valence electrons. The summed E-state index contributed by atoms with van der Waals surface area (Å²) >= 11 is 0. The summed E-state index contributed by atoms with van der Waals surface area (Å²) in [6.45, 7) is 0. The molecule has 8 heteroatoms. The number of benzene rings is 6. The number of nitrogens with one attached hydrogen (secondary N) is 2. The lowest BCUT2D eigenvalue weighted by atomic mass is 10.0. The van der Waals surface area contributed by atoms with Crippen LogP contribution in [-0.4, -0.2) is 11.6 Å². The van der Waals surface area contributed by atoms with Gasteiger partial charge in [0, 0.05) is 32.6 Å². The molecule has 6 nitrogen and oxygen atoms in total. The zero-order valence-electron chi connectivity index (χ0n) is 26.8. The predicted molar refractivity (Wildman–Crippen MR) is 204 cm³/mol. The van der Waals surface area contributed by atoms with Crippen LogP contribution in [0.3, 0.4) is 0 Å². The van der Waals surface area contributed by atoms with Gasteiger partial charge in [0.05, 0.1) is 10.6 Å². The van der Waals surface area contributed by atoms with Gasteiger partial charge in [-0.25, -0.2) is 0 Å². The van der Waals surface area contributed by atoms with Crippen molar-refractivity contribution in [3.05, 3.63) is 204 Å². The Labute approximate surface area is 291 Å². The maximum absolute atomic E-state index is 16.0. The number of ketones is 2. The molecule has 1 aliphatic carbocycles. The summed E-state index contributed by atoms with van der Waals surface area (Å²) in [6.07, 6.45) is 0. The maximum atomic E-state index is 16.0. The first-order valence-corrected chi connectivity index (χ1v) is 19.5. The number of rotatable bonds is 10. The summed E-state index contributed by atoms with van der Waals surface area (Å²) in [5.74, 6) is -1.38. The number of carbonyl (C=O) groups is 2. The van der Waals surface area contributed by atoms with Gasteiger partial charge >= 0.3 is 0 Å². The van der Waals surface area contributed by atoms with Crippen molar-refractivity contribution in [1.29, 1.82) is 0 Å². The van der Waals surface area contributed by atoms with E-state index in [1.165, 1.54) is 0 Å². The van der Waals surface area contributed by atoms with Gasteiger partial charge in [0.2, 0.25) is 11.6 Å². The Morgan fingerprint density at radius 1 is 0.320 bits per heavy atom. The number of allylic oxidation sites excluding steroid dienone is 2. The lowest BCUT2D eigenvalue weighted by Gasteiger charge is -2.33. The predicted octanol–water partition coefficient (Wildman–Crippen LogP) is 7.81. The molecule has 0 aliphatic heterocycles. The average molecular weight is 691 g/mol. The molecule has 0 saturated carbocycles. The summed E-state index contributed by atoms with van der Waals surface area (Å²) in [4.78, 5) is 31.1. The summed E-state index contributed by atoms with van der Waals surface area (Å²) < 4.78 is 32.1. The molecule has 0 spiro atoms. The topological polar surface area (TPSA) is 92.3 Å². The van der Waals surface area contributed by atoms with Crippen LogP contribution < -0.4 is 31.9 Å². The molecule has 0 amide bonds. The molecule has 0 aromatic heterocycles. The average Bonchev–Trinajstić information content (AvgIpc) is 3.18. The SMILES string of the molecule is O=C1C(Nc2ccccc2)=C(P(=O)(c2ccccc2)c2ccccc2)C(=O)C(Nc2ccccc2)=C1P(=O)(c1ccccc1)c1ccccc1. The van der Waals surface area contributed by atoms with Gasteiger partial charge in [-0.3, -0.25) is 9.59 Å². The van der Waals surface area contributed by atoms with E-state index in [1.54, 1.807) is 170 Å². The van der Waals surface area contributed by atoms with Crippen LogP contribution in [0.25, 0.3) is 0 Å². The van der Waals surface area contributed by atoms with E-state index in [0.29, 0.717) is 32.6 Å². The van der Waals surface area contributed by atoms with Crippen molar-refractivity contribution in [3.8, 4) is 0 Å². The molecule has 0 heterocycles. The third-order valence-corrected chi connectivity index (χ3v) is 14.8. The Morgan fingerprint density at radius 2 is 0.540 bits per heavy atom. The van der Waals surface area contributed by atoms with Crippen molar-refractivity contribution in [2.75, 3.05) is 10.6 Å². The number of carbonyl (C=O) groups excluding carboxylic acids is 2. The van der Waals surface area contributed by atoms with Crippen LogP contribution in [0.1, 0.15) is 0 Å². The highest BCUT2D eigenvalue weighted by atomic mass is 31.2. The molecular weight excluding hydrogens is 658 g/mol. The van der Waals surface area contributed by atoms with E-state index in [9.17, 15) is 0 Å². The quantitative estimate of drug-likeness (QED) is 0.113. The first kappa shape index (κ1) is 32.7. The standard InChI is InChI=1S/C42H32N2O4P2/c45-39-37(43-31-19-7-1-8-20-31)41(49(47,33-23-11-3-12-24-33)34-25-13-4-14-26-34)40(46)38(44-32-21-9-2-10-22-32)42(39)50(48,35-27-15-5-16-28-35)36-29-17-6-18-30-36/h1-30,43-44H. The van der Waals surface area contributed by atoms with Gasteiger partial charge in [-0.15, -0.1) is 0 Å². The molecule has 6 aromatic rings. The molecule has 6 aromatic carbocycles. The highest BCUT2D eigenvalue weighted by molar-refractivity contribution is 7.84. The minimum absolute atomic E-state index is 0.182. The largest absolute Gasteiger partial charge is 0.352 e. The van der Waals surface area contributed by atoms with E-state index in [1.807, 2.05) is 12.1 Å². The first-order chi connectivity index (χ1) is 24.4. The molecule has 0 atom stereocenters. The Morgan fingerprint density at radius 3 is 0.780 bits per heavy atom. The van der Waals surface area contributed by atoms with Gasteiger partial charge < -0.3 is 19.8 Å². The van der Waals surface area contributed by atoms with Crippen LogP contribution in [-0.2, 0) is 18.7 Å². The third-order valence-electron chi connectivity index (χ3n) is 8.55. The zero-order valence-corrected chi connectivity index (χ0v) is 28.6. The maximum Gasteiger partial charge on any atom is 0.216 e. The normalized spacial score (nSPS) is 13.7. The molecule has 0 fully saturated rings. The molecule has 50 heavy (non-hydrogen) atoms. The molecule has 0 unspecified atom stereocenters. The number of hydrogen-bond acceptors (Lipinski definition) is 6. The van der Waals surface area contributed by atoms with Crippen LogP contribution in [0, 0.1) is 0 Å². The van der Waals surface area contributed by atoms with Crippen LogP contribution in [0.15, 0.2) is 204 Å². The summed E-state index contributed by atoms with van der Waals surface area (Å²) in [5.41, 5.74) is 0.639. The first-order valence-electron chi connectivity index (χ1n) is 16.1. The minimum atomic E-state index is -4.07. The number of anilines is 2. The van der Waals surface area contributed by atoms with Gasteiger partial charge in [0.25, 0.3) is 0 Å². The van der Waals surface area contributed by atoms with E-state index in [4.69, 9.17) is 0 Å². The summed E-state index contributed by atoms with van der Waals surface area (Å²) in [7, 11) is -8.14. The van der Waals surface area contributed by atoms with E-state index >= 15 is 18.7 Å². The molecular formula is C42H32N2O4P2. The molecule has 7 rings (SSSR count). The van der Waals surface area contributed by atoms with Crippen molar-refractivity contribution in [2.24, 2.45) is 0 Å². The monoisotopic (exact) mass is 690 g/mol. The van der Waals surface area contributed by atoms with E-state index in [-0.39, 0.29) is 22.0 Å². The summed E-state index contributed by atoms with van der Waals surface area (Å²) in [6, 6.07) is 52.8. The van der Waals surface area contributed by atoms with E-state index < -0.39 is 25.9 Å². The molecule has 0 bridgehead atoms. The number of para-hydroxylation sites is 2. The molecule has 0 radical (unpaired) electrons. The van der Waals surface area contributed by atoms with Gasteiger partial charge in [0.15, 0.2) is 14.3 Å². The van der Waals surface area contributed by atoms with Crippen molar-refractivity contribution in [1.82, 2.24) is 0 Å². The third kappa shape index (κ3) is 5.90. The smallest absolute Gasteiger partial charge is 0.216 e. The van der Waals surface area contributed by atoms with E-state index in [2.05, 4.69) is 10.6 Å². The fraction of sp³-hybridized carbons (Fsp3) is 0. The van der Waals surface area contributed by atoms with Gasteiger partial charge in [-0.1, -0.05) is 158 Å². The number of Topliss-reactive ketones (excluding diaryl/α,β-unsaturated/α-hetero) is 2. The highest BCUT2D eigenvalue weighted by Gasteiger charge is 2.50. The van der Waals surface area contributed by atoms with Crippen molar-refractivity contribution in [3.63, 3.8) is 0 Å². The number of hydrogen-bond donors (Lipinski definition) is 2. The fourth-order valence-electron chi connectivity index (χ4n) is 6.21. The molecule has 1 aliphatic rings. The van der Waals surface area contributed by atoms with Crippen LogP contribution in [0.2, 0.25) is 0 Å². The lowest BCUT2D eigenvalue weighted by Crippen LogP contribution is -2.36. The Hall–Kier alpha value is -5.80. The minimum Gasteiger partial charge on any atom is -0.352 e. The fourth-order valence-corrected chi connectivity index (χ4v) is 11.9. The zero-order chi connectivity index (χ0) is 34.6. The molecule has 0 saturated heterocycles. The van der Waals surface area contributed by atoms with Crippen molar-refractivity contribution >= 4 is 58.4 Å². The highest BCUT2D eigenvalue weighted by Crippen LogP contribution is 2.61. The Balaban J connectivity index is 1.59. The second-order valence-corrected chi connectivity index (χ2v) is 17.0. The summed E-state index contributed by atoms with van der Waals surface area (Å²) in [5, 5.41) is 7.53. The van der Waals surface area contributed by atoms with Gasteiger partial charge in [-0.05, 0) is 24.3 Å². The van der Waals surface area contributed by atoms with Crippen LogP contribution in [0.5, 0.6) is 0 Å². The van der Waals surface area contributed by atoms with E-state index in [0.717, 1.165) is 0 Å². The van der Waals surface area contributed by atoms with Crippen LogP contribution >= 0.6 is 14.3 Å². The van der Waals surface area contributed by atoms with Crippen LogP contribution in [0.4, 0.5) is 11.4 Å². The second kappa shape index (κ2) is 14.0. The van der Waals surface area contributed by atoms with Gasteiger partial charge in [-0.2, -0.15) is 0 Å². The molecule has 2 N–H and O–H groups in total.